The molecule has 1 aromatic heterocycles. The minimum Gasteiger partial charge on any atom is -0.396 e. The first-order valence-corrected chi connectivity index (χ1v) is 5.13. The van der Waals surface area contributed by atoms with Gasteiger partial charge in [-0.2, -0.15) is 0 Å². The SMILES string of the molecule is O=C(NCCCCO)c1cccnc1Cl. The molecule has 0 spiro atoms. The third-order valence-electron chi connectivity index (χ3n) is 1.87. The predicted octanol–water partition coefficient (Wildman–Crippen LogP) is 1.24. The van der Waals surface area contributed by atoms with Crippen LogP contribution in [0, 0.1) is 0 Å². The van der Waals surface area contributed by atoms with E-state index in [0.29, 0.717) is 18.5 Å². The summed E-state index contributed by atoms with van der Waals surface area (Å²) in [7, 11) is 0. The maximum atomic E-state index is 11.5. The Hall–Kier alpha value is -1.13. The summed E-state index contributed by atoms with van der Waals surface area (Å²) in [6, 6.07) is 3.28. The second kappa shape index (κ2) is 6.37. The molecule has 0 aliphatic rings. The van der Waals surface area contributed by atoms with Crippen molar-refractivity contribution in [3.8, 4) is 0 Å². The number of aromatic nitrogens is 1. The lowest BCUT2D eigenvalue weighted by molar-refractivity contribution is 0.0952. The number of aliphatic hydroxyl groups excluding tert-OH is 1. The molecule has 0 aliphatic heterocycles. The fourth-order valence-corrected chi connectivity index (χ4v) is 1.29. The highest BCUT2D eigenvalue weighted by atomic mass is 35.5. The van der Waals surface area contributed by atoms with E-state index in [1.165, 1.54) is 6.20 Å². The molecule has 2 N–H and O–H groups in total. The summed E-state index contributed by atoms with van der Waals surface area (Å²) in [6.07, 6.45) is 2.96. The average molecular weight is 229 g/mol. The lowest BCUT2D eigenvalue weighted by Gasteiger charge is -2.04. The number of hydrogen-bond donors (Lipinski definition) is 2. The number of rotatable bonds is 5. The number of nitrogens with one attached hydrogen (secondary N) is 1. The number of carbonyl (C=O) groups excluding carboxylic acids is 1. The van der Waals surface area contributed by atoms with Gasteiger partial charge in [-0.15, -0.1) is 0 Å². The van der Waals surface area contributed by atoms with Crippen molar-refractivity contribution in [1.82, 2.24) is 10.3 Å². The molecule has 0 bridgehead atoms. The van der Waals surface area contributed by atoms with E-state index < -0.39 is 0 Å². The van der Waals surface area contributed by atoms with Gasteiger partial charge in [0, 0.05) is 19.3 Å². The molecule has 0 radical (unpaired) electrons. The van der Waals surface area contributed by atoms with Crippen LogP contribution in [0.1, 0.15) is 23.2 Å². The van der Waals surface area contributed by atoms with Gasteiger partial charge in [0.15, 0.2) is 0 Å². The number of hydrogen-bond acceptors (Lipinski definition) is 3. The van der Waals surface area contributed by atoms with E-state index in [1.807, 2.05) is 0 Å². The Morgan fingerprint density at radius 1 is 1.53 bits per heavy atom. The molecule has 0 atom stereocenters. The first-order chi connectivity index (χ1) is 7.25. The van der Waals surface area contributed by atoms with E-state index in [9.17, 15) is 4.79 Å². The number of nitrogens with zero attached hydrogens (tertiary/aromatic N) is 1. The van der Waals surface area contributed by atoms with Gasteiger partial charge in [0.1, 0.15) is 5.15 Å². The molecule has 5 heteroatoms. The van der Waals surface area contributed by atoms with Crippen LogP contribution >= 0.6 is 11.6 Å². The van der Waals surface area contributed by atoms with Crippen molar-refractivity contribution in [3.05, 3.63) is 29.0 Å². The number of amides is 1. The molecular formula is C10H13ClN2O2. The minimum absolute atomic E-state index is 0.142. The van der Waals surface area contributed by atoms with E-state index in [0.717, 1.165) is 6.42 Å². The maximum Gasteiger partial charge on any atom is 0.254 e. The Labute approximate surface area is 93.3 Å². The second-order valence-electron chi connectivity index (χ2n) is 3.03. The average Bonchev–Trinajstić information content (AvgIpc) is 2.25. The summed E-state index contributed by atoms with van der Waals surface area (Å²) in [5.74, 6) is -0.231. The van der Waals surface area contributed by atoms with E-state index in [-0.39, 0.29) is 17.7 Å². The van der Waals surface area contributed by atoms with E-state index in [1.54, 1.807) is 12.1 Å². The number of pyridine rings is 1. The fourth-order valence-electron chi connectivity index (χ4n) is 1.09. The highest BCUT2D eigenvalue weighted by molar-refractivity contribution is 6.32. The third kappa shape index (κ3) is 3.85. The molecule has 1 amide bonds. The number of aliphatic hydroxyl groups is 1. The Morgan fingerprint density at radius 2 is 2.33 bits per heavy atom. The van der Waals surface area contributed by atoms with Gasteiger partial charge in [0.25, 0.3) is 5.91 Å². The normalized spacial score (nSPS) is 10.0. The molecule has 0 aliphatic carbocycles. The molecule has 82 valence electrons. The quantitative estimate of drug-likeness (QED) is 0.589. The Bertz CT molecular complexity index is 331. The summed E-state index contributed by atoms with van der Waals surface area (Å²) >= 11 is 5.75. The zero-order valence-electron chi connectivity index (χ0n) is 8.24. The molecule has 0 fully saturated rings. The predicted molar refractivity (Wildman–Crippen MR) is 57.9 cm³/mol. The lowest BCUT2D eigenvalue weighted by Crippen LogP contribution is -2.25. The zero-order chi connectivity index (χ0) is 11.1. The molecule has 1 rings (SSSR count). The van der Waals surface area contributed by atoms with Gasteiger partial charge in [-0.1, -0.05) is 11.6 Å². The maximum absolute atomic E-state index is 11.5. The van der Waals surface area contributed by atoms with Gasteiger partial charge in [-0.05, 0) is 25.0 Å². The molecular weight excluding hydrogens is 216 g/mol. The van der Waals surface area contributed by atoms with E-state index in [4.69, 9.17) is 16.7 Å². The van der Waals surface area contributed by atoms with Gasteiger partial charge < -0.3 is 10.4 Å². The van der Waals surface area contributed by atoms with Gasteiger partial charge >= 0.3 is 0 Å². The Kier molecular flexibility index (Phi) is 5.07. The summed E-state index contributed by atoms with van der Waals surface area (Å²) in [6.45, 7) is 0.675. The molecule has 1 aromatic rings. The van der Waals surface area contributed by atoms with Crippen LogP contribution in [0.25, 0.3) is 0 Å². The first kappa shape index (κ1) is 11.9. The van der Waals surface area contributed by atoms with Crippen LogP contribution in [0.3, 0.4) is 0 Å². The molecule has 15 heavy (non-hydrogen) atoms. The molecule has 0 unspecified atom stereocenters. The van der Waals surface area contributed by atoms with Crippen molar-refractivity contribution in [2.75, 3.05) is 13.2 Å². The largest absolute Gasteiger partial charge is 0.396 e. The second-order valence-corrected chi connectivity index (χ2v) is 3.39. The summed E-state index contributed by atoms with van der Waals surface area (Å²) < 4.78 is 0. The number of unbranched alkanes of at least 4 members (excludes halogenated alkanes) is 1. The fraction of sp³-hybridized carbons (Fsp3) is 0.400. The summed E-state index contributed by atoms with van der Waals surface area (Å²) in [5, 5.41) is 11.5. The van der Waals surface area contributed by atoms with Gasteiger partial charge in [-0.25, -0.2) is 4.98 Å². The third-order valence-corrected chi connectivity index (χ3v) is 2.18. The standard InChI is InChI=1S/C10H13ClN2O2/c11-9-8(4-3-6-12-9)10(15)13-5-1-2-7-14/h3-4,6,14H,1-2,5,7H2,(H,13,15). The van der Waals surface area contributed by atoms with Crippen LogP contribution in [0.4, 0.5) is 0 Å². The van der Waals surface area contributed by atoms with Crippen molar-refractivity contribution >= 4 is 17.5 Å². The van der Waals surface area contributed by atoms with Gasteiger partial charge in [0.2, 0.25) is 0 Å². The number of carbonyl (C=O) groups is 1. The smallest absolute Gasteiger partial charge is 0.254 e. The number of halogens is 1. The summed E-state index contributed by atoms with van der Waals surface area (Å²) in [4.78, 5) is 15.3. The van der Waals surface area contributed by atoms with E-state index in [2.05, 4.69) is 10.3 Å². The van der Waals surface area contributed by atoms with E-state index >= 15 is 0 Å². The molecule has 0 aromatic carbocycles. The monoisotopic (exact) mass is 228 g/mol. The van der Waals surface area contributed by atoms with Crippen LogP contribution in [0.2, 0.25) is 5.15 Å². The molecule has 4 nitrogen and oxygen atoms in total. The van der Waals surface area contributed by atoms with Crippen LogP contribution < -0.4 is 5.32 Å². The van der Waals surface area contributed by atoms with Crippen molar-refractivity contribution in [3.63, 3.8) is 0 Å². The Morgan fingerprint density at radius 3 is 3.00 bits per heavy atom. The van der Waals surface area contributed by atoms with Crippen LogP contribution in [0.15, 0.2) is 18.3 Å². The van der Waals surface area contributed by atoms with Crippen molar-refractivity contribution < 1.29 is 9.90 Å². The lowest BCUT2D eigenvalue weighted by atomic mass is 10.2. The van der Waals surface area contributed by atoms with Gasteiger partial charge in [0.05, 0.1) is 5.56 Å². The summed E-state index contributed by atoms with van der Waals surface area (Å²) in [5.41, 5.74) is 0.378. The van der Waals surface area contributed by atoms with Crippen molar-refractivity contribution in [2.24, 2.45) is 0 Å². The zero-order valence-corrected chi connectivity index (χ0v) is 9.00. The van der Waals surface area contributed by atoms with Crippen LogP contribution in [0.5, 0.6) is 0 Å². The topological polar surface area (TPSA) is 62.2 Å². The van der Waals surface area contributed by atoms with Crippen LogP contribution in [-0.2, 0) is 0 Å². The van der Waals surface area contributed by atoms with Crippen molar-refractivity contribution in [1.29, 1.82) is 0 Å². The van der Waals surface area contributed by atoms with Gasteiger partial charge in [-0.3, -0.25) is 4.79 Å². The first-order valence-electron chi connectivity index (χ1n) is 4.75. The molecule has 1 heterocycles. The highest BCUT2D eigenvalue weighted by Gasteiger charge is 2.08. The highest BCUT2D eigenvalue weighted by Crippen LogP contribution is 2.10. The molecule has 0 saturated heterocycles. The molecule has 0 saturated carbocycles. The Balaban J connectivity index is 2.44. The minimum atomic E-state index is -0.231. The van der Waals surface area contributed by atoms with Crippen LogP contribution in [-0.4, -0.2) is 29.1 Å². The van der Waals surface area contributed by atoms with Crippen molar-refractivity contribution in [2.45, 2.75) is 12.8 Å².